The summed E-state index contributed by atoms with van der Waals surface area (Å²) in [4.78, 5) is 11.8. The topological polar surface area (TPSA) is 47.6 Å². The number of carbonyl (C=O) groups is 1. The minimum absolute atomic E-state index is 0.0576. The summed E-state index contributed by atoms with van der Waals surface area (Å²) >= 11 is 3.18. The van der Waals surface area contributed by atoms with E-state index in [1.165, 1.54) is 0 Å². The van der Waals surface area contributed by atoms with Gasteiger partial charge in [0.05, 0.1) is 0 Å². The molecule has 0 aliphatic carbocycles. The summed E-state index contributed by atoms with van der Waals surface area (Å²) < 4.78 is 10.2. The van der Waals surface area contributed by atoms with Crippen molar-refractivity contribution >= 4 is 21.8 Å². The van der Waals surface area contributed by atoms with Crippen molar-refractivity contribution in [1.82, 2.24) is 5.32 Å². The van der Waals surface area contributed by atoms with E-state index in [0.717, 1.165) is 25.2 Å². The van der Waals surface area contributed by atoms with Gasteiger partial charge in [-0.15, -0.1) is 0 Å². The number of methoxy groups -OCH3 is 1. The second-order valence-corrected chi connectivity index (χ2v) is 4.19. The first kappa shape index (κ1) is 15.0. The van der Waals surface area contributed by atoms with Crippen LogP contribution in [0.3, 0.4) is 0 Å². The molecule has 0 radical (unpaired) electrons. The van der Waals surface area contributed by atoms with E-state index in [0.29, 0.717) is 17.6 Å². The van der Waals surface area contributed by atoms with Crippen LogP contribution in [0.5, 0.6) is 5.75 Å². The Morgan fingerprint density at radius 1 is 1.28 bits per heavy atom. The number of ether oxygens (including phenoxy) is 2. The van der Waals surface area contributed by atoms with Crippen LogP contribution in [0.15, 0.2) is 24.3 Å². The van der Waals surface area contributed by atoms with E-state index < -0.39 is 0 Å². The van der Waals surface area contributed by atoms with Crippen molar-refractivity contribution in [3.63, 3.8) is 0 Å². The fraction of sp³-hybridized carbons (Fsp3) is 0.462. The highest BCUT2D eigenvalue weighted by Crippen LogP contribution is 2.12. The molecule has 0 atom stereocenters. The van der Waals surface area contributed by atoms with Gasteiger partial charge in [0, 0.05) is 25.8 Å². The molecule has 1 amide bonds. The predicted octanol–water partition coefficient (Wildman–Crippen LogP) is 2.57. The number of carbonyl (C=O) groups excluding carboxylic acids is 1. The van der Waals surface area contributed by atoms with Crippen LogP contribution in [-0.2, 0) is 4.74 Å². The minimum Gasteiger partial charge on any atom is -0.482 e. The number of alkyl halides is 1. The van der Waals surface area contributed by atoms with Crippen LogP contribution in [0.4, 0.5) is 0 Å². The molecule has 0 bridgehead atoms. The smallest absolute Gasteiger partial charge is 0.251 e. The van der Waals surface area contributed by atoms with E-state index in [1.807, 2.05) is 0 Å². The Kier molecular flexibility index (Phi) is 7.44. The summed E-state index contributed by atoms with van der Waals surface area (Å²) in [6, 6.07) is 7.06. The first-order valence-corrected chi connectivity index (χ1v) is 6.96. The zero-order valence-electron chi connectivity index (χ0n) is 10.4. The summed E-state index contributed by atoms with van der Waals surface area (Å²) in [5, 5.41) is 2.86. The number of benzene rings is 1. The maximum atomic E-state index is 11.8. The highest BCUT2D eigenvalue weighted by atomic mass is 79.9. The van der Waals surface area contributed by atoms with Gasteiger partial charge in [-0.3, -0.25) is 4.79 Å². The summed E-state index contributed by atoms with van der Waals surface area (Å²) in [5.74, 6) is 0.682. The van der Waals surface area contributed by atoms with E-state index in [2.05, 4.69) is 21.2 Å². The molecular weight excluding hydrogens is 298 g/mol. The number of unbranched alkanes of at least 4 members (excludes halogenated alkanes) is 1. The van der Waals surface area contributed by atoms with Gasteiger partial charge in [0.25, 0.3) is 5.91 Å². The van der Waals surface area contributed by atoms with Gasteiger partial charge in [-0.2, -0.15) is 0 Å². The van der Waals surface area contributed by atoms with Crippen LogP contribution in [0.2, 0.25) is 0 Å². The molecule has 100 valence electrons. The van der Waals surface area contributed by atoms with Gasteiger partial charge >= 0.3 is 0 Å². The lowest BCUT2D eigenvalue weighted by molar-refractivity contribution is 0.0951. The standard InChI is InChI=1S/C13H18BrNO3/c1-17-9-3-2-8-15-13(16)11-4-6-12(7-5-11)18-10-14/h4-7H,2-3,8-10H2,1H3,(H,15,16). The quantitative estimate of drug-likeness (QED) is 0.592. The number of hydrogen-bond acceptors (Lipinski definition) is 3. The summed E-state index contributed by atoms with van der Waals surface area (Å²) in [5.41, 5.74) is 1.08. The van der Waals surface area contributed by atoms with Crippen molar-refractivity contribution in [3.8, 4) is 5.75 Å². The number of halogens is 1. The number of hydrogen-bond donors (Lipinski definition) is 1. The highest BCUT2D eigenvalue weighted by Gasteiger charge is 2.04. The zero-order chi connectivity index (χ0) is 13.2. The molecule has 1 N–H and O–H groups in total. The maximum absolute atomic E-state index is 11.8. The van der Waals surface area contributed by atoms with Crippen molar-refractivity contribution in [2.24, 2.45) is 0 Å². The lowest BCUT2D eigenvalue weighted by atomic mass is 10.2. The van der Waals surface area contributed by atoms with E-state index in [-0.39, 0.29) is 5.91 Å². The molecule has 0 saturated carbocycles. The third-order valence-corrected chi connectivity index (χ3v) is 2.63. The van der Waals surface area contributed by atoms with E-state index in [4.69, 9.17) is 9.47 Å². The van der Waals surface area contributed by atoms with Gasteiger partial charge in [0.2, 0.25) is 0 Å². The van der Waals surface area contributed by atoms with Gasteiger partial charge in [-0.1, -0.05) is 0 Å². The van der Waals surface area contributed by atoms with Crippen molar-refractivity contribution in [2.45, 2.75) is 12.8 Å². The van der Waals surface area contributed by atoms with Gasteiger partial charge in [0.1, 0.15) is 11.3 Å². The molecule has 18 heavy (non-hydrogen) atoms. The third kappa shape index (κ3) is 5.51. The van der Waals surface area contributed by atoms with Crippen LogP contribution in [0.1, 0.15) is 23.2 Å². The Balaban J connectivity index is 2.32. The summed E-state index contributed by atoms with van der Waals surface area (Å²) in [7, 11) is 1.68. The maximum Gasteiger partial charge on any atom is 0.251 e. The minimum atomic E-state index is -0.0576. The summed E-state index contributed by atoms with van der Waals surface area (Å²) in [6.45, 7) is 1.40. The third-order valence-electron chi connectivity index (χ3n) is 2.40. The van der Waals surface area contributed by atoms with Crippen molar-refractivity contribution in [2.75, 3.05) is 25.8 Å². The first-order valence-electron chi connectivity index (χ1n) is 5.84. The molecule has 0 heterocycles. The van der Waals surface area contributed by atoms with E-state index in [1.54, 1.807) is 31.4 Å². The molecule has 4 nitrogen and oxygen atoms in total. The van der Waals surface area contributed by atoms with E-state index >= 15 is 0 Å². The lowest BCUT2D eigenvalue weighted by Gasteiger charge is -2.06. The van der Waals surface area contributed by atoms with Crippen LogP contribution in [0.25, 0.3) is 0 Å². The van der Waals surface area contributed by atoms with Crippen molar-refractivity contribution in [1.29, 1.82) is 0 Å². The molecule has 5 heteroatoms. The Morgan fingerprint density at radius 2 is 2.00 bits per heavy atom. The molecule has 0 aromatic heterocycles. The van der Waals surface area contributed by atoms with Gasteiger partial charge in [-0.05, 0) is 53.0 Å². The molecule has 0 unspecified atom stereocenters. The van der Waals surface area contributed by atoms with Gasteiger partial charge in [-0.25, -0.2) is 0 Å². The molecule has 0 aliphatic heterocycles. The summed E-state index contributed by atoms with van der Waals surface area (Å²) in [6.07, 6.45) is 1.87. The van der Waals surface area contributed by atoms with Crippen LogP contribution < -0.4 is 10.1 Å². The van der Waals surface area contributed by atoms with Crippen LogP contribution in [-0.4, -0.2) is 31.7 Å². The van der Waals surface area contributed by atoms with Crippen LogP contribution in [0, 0.1) is 0 Å². The molecule has 1 aromatic carbocycles. The Bertz CT molecular complexity index is 354. The number of amides is 1. The zero-order valence-corrected chi connectivity index (χ0v) is 12.0. The van der Waals surface area contributed by atoms with Crippen molar-refractivity contribution < 1.29 is 14.3 Å². The average Bonchev–Trinajstić information content (AvgIpc) is 2.39. The number of rotatable bonds is 8. The predicted molar refractivity (Wildman–Crippen MR) is 74.3 cm³/mol. The molecular formula is C13H18BrNO3. The normalized spacial score (nSPS) is 10.1. The average molecular weight is 316 g/mol. The lowest BCUT2D eigenvalue weighted by Crippen LogP contribution is -2.24. The number of nitrogens with one attached hydrogen (secondary N) is 1. The first-order chi connectivity index (χ1) is 8.77. The molecule has 0 aliphatic rings. The molecule has 0 fully saturated rings. The monoisotopic (exact) mass is 315 g/mol. The Hall–Kier alpha value is -1.07. The fourth-order valence-electron chi connectivity index (χ4n) is 1.44. The van der Waals surface area contributed by atoms with Crippen molar-refractivity contribution in [3.05, 3.63) is 29.8 Å². The Morgan fingerprint density at radius 3 is 2.61 bits per heavy atom. The molecule has 0 spiro atoms. The second-order valence-electron chi connectivity index (χ2n) is 3.73. The molecule has 1 aromatic rings. The fourth-order valence-corrected chi connectivity index (χ4v) is 1.71. The van der Waals surface area contributed by atoms with Gasteiger partial charge < -0.3 is 14.8 Å². The van der Waals surface area contributed by atoms with Crippen LogP contribution >= 0.6 is 15.9 Å². The highest BCUT2D eigenvalue weighted by molar-refractivity contribution is 9.09. The Labute approximate surface area is 116 Å². The molecule has 0 saturated heterocycles. The molecule has 1 rings (SSSR count). The SMILES string of the molecule is COCCCCNC(=O)c1ccc(OCBr)cc1. The van der Waals surface area contributed by atoms with E-state index in [9.17, 15) is 4.79 Å². The largest absolute Gasteiger partial charge is 0.482 e. The van der Waals surface area contributed by atoms with Gasteiger partial charge in [0.15, 0.2) is 0 Å². The second kappa shape index (κ2) is 8.94.